The van der Waals surface area contributed by atoms with E-state index in [1.807, 2.05) is 39.8 Å². The van der Waals surface area contributed by atoms with Gasteiger partial charge in [-0.3, -0.25) is 0 Å². The molecule has 0 unspecified atom stereocenters. The minimum absolute atomic E-state index is 0.317. The van der Waals surface area contributed by atoms with Gasteiger partial charge in [-0.15, -0.1) is 0 Å². The highest BCUT2D eigenvalue weighted by Gasteiger charge is 2.07. The molecule has 1 heterocycles. The normalized spacial score (nSPS) is 8.50. The number of benzene rings is 1. The maximum atomic E-state index is 10.7. The molecular formula is C13H19NO2. The number of carboxylic acids is 1. The Morgan fingerprint density at radius 2 is 1.75 bits per heavy atom. The van der Waals surface area contributed by atoms with Crippen LogP contribution in [0.25, 0.3) is 10.9 Å². The molecule has 0 amide bonds. The number of nitrogens with one attached hydrogen (secondary N) is 1. The Bertz CT molecular complexity index is 432. The molecule has 0 aliphatic heterocycles. The molecule has 3 nitrogen and oxygen atoms in total. The summed E-state index contributed by atoms with van der Waals surface area (Å²) in [6.45, 7) is 8.00. The van der Waals surface area contributed by atoms with Crippen LogP contribution in [0.1, 0.15) is 38.1 Å². The Balaban J connectivity index is 0.000000509. The lowest BCUT2D eigenvalue weighted by molar-refractivity contribution is 0.0699. The predicted molar refractivity (Wildman–Crippen MR) is 68.0 cm³/mol. The van der Waals surface area contributed by atoms with Crippen LogP contribution in [0.4, 0.5) is 0 Å². The fraction of sp³-hybridized carbons (Fsp3) is 0.308. The topological polar surface area (TPSA) is 53.1 Å². The number of para-hydroxylation sites is 1. The lowest BCUT2D eigenvalue weighted by Gasteiger charge is -1.95. The quantitative estimate of drug-likeness (QED) is 0.766. The third-order valence-electron chi connectivity index (χ3n) is 1.82. The van der Waals surface area contributed by atoms with E-state index in [0.29, 0.717) is 11.1 Å². The van der Waals surface area contributed by atoms with Gasteiger partial charge < -0.3 is 10.1 Å². The molecule has 3 heteroatoms. The first-order valence-corrected chi connectivity index (χ1v) is 5.58. The highest BCUT2D eigenvalue weighted by molar-refractivity contribution is 6.01. The number of hydrogen-bond acceptors (Lipinski definition) is 1. The number of rotatable bonds is 1. The fourth-order valence-electron chi connectivity index (χ4n) is 1.26. The zero-order chi connectivity index (χ0) is 12.6. The number of aromatic nitrogens is 1. The van der Waals surface area contributed by atoms with Gasteiger partial charge in [0.1, 0.15) is 0 Å². The lowest BCUT2D eigenvalue weighted by Crippen LogP contribution is -1.96. The number of hydrogen-bond donors (Lipinski definition) is 2. The first kappa shape index (κ1) is 14.2. The summed E-state index contributed by atoms with van der Waals surface area (Å²) in [5, 5.41) is 9.71. The van der Waals surface area contributed by atoms with Gasteiger partial charge in [0.15, 0.2) is 0 Å². The first-order valence-electron chi connectivity index (χ1n) is 5.58. The Hall–Kier alpha value is -1.77. The largest absolute Gasteiger partial charge is 0.478 e. The molecule has 0 spiro atoms. The van der Waals surface area contributed by atoms with E-state index in [0.717, 1.165) is 5.39 Å². The van der Waals surface area contributed by atoms with E-state index < -0.39 is 5.97 Å². The van der Waals surface area contributed by atoms with Crippen molar-refractivity contribution in [3.05, 3.63) is 36.0 Å². The summed E-state index contributed by atoms with van der Waals surface area (Å²) >= 11 is 0. The van der Waals surface area contributed by atoms with Crippen molar-refractivity contribution < 1.29 is 9.90 Å². The van der Waals surface area contributed by atoms with Gasteiger partial charge in [-0.25, -0.2) is 4.79 Å². The van der Waals surface area contributed by atoms with Gasteiger partial charge in [-0.2, -0.15) is 0 Å². The summed E-state index contributed by atoms with van der Waals surface area (Å²) in [7, 11) is 0. The second-order valence-electron chi connectivity index (χ2n) is 2.55. The lowest BCUT2D eigenvalue weighted by atomic mass is 10.1. The Labute approximate surface area is 96.1 Å². The van der Waals surface area contributed by atoms with E-state index in [1.165, 1.54) is 0 Å². The molecule has 0 fully saturated rings. The van der Waals surface area contributed by atoms with E-state index in [4.69, 9.17) is 5.11 Å². The second kappa shape index (κ2) is 7.51. The van der Waals surface area contributed by atoms with Crippen LogP contribution in [0.3, 0.4) is 0 Å². The Morgan fingerprint density at radius 1 is 1.12 bits per heavy atom. The van der Waals surface area contributed by atoms with E-state index in [2.05, 4.69) is 4.98 Å². The van der Waals surface area contributed by atoms with Gasteiger partial charge in [0.2, 0.25) is 0 Å². The van der Waals surface area contributed by atoms with Crippen molar-refractivity contribution in [1.29, 1.82) is 0 Å². The van der Waals surface area contributed by atoms with Crippen LogP contribution in [-0.2, 0) is 0 Å². The molecule has 16 heavy (non-hydrogen) atoms. The van der Waals surface area contributed by atoms with Gasteiger partial charge >= 0.3 is 5.97 Å². The van der Waals surface area contributed by atoms with E-state index in [9.17, 15) is 4.79 Å². The highest BCUT2D eigenvalue weighted by Crippen LogP contribution is 2.16. The predicted octanol–water partition coefficient (Wildman–Crippen LogP) is 3.92. The highest BCUT2D eigenvalue weighted by atomic mass is 16.4. The molecule has 0 radical (unpaired) electrons. The van der Waals surface area contributed by atoms with E-state index >= 15 is 0 Å². The summed E-state index contributed by atoms with van der Waals surface area (Å²) in [5.74, 6) is -0.900. The van der Waals surface area contributed by atoms with Crippen LogP contribution in [0.2, 0.25) is 0 Å². The van der Waals surface area contributed by atoms with Crippen molar-refractivity contribution in [3.8, 4) is 0 Å². The molecule has 0 aliphatic carbocycles. The molecule has 0 saturated heterocycles. The van der Waals surface area contributed by atoms with E-state index in [1.54, 1.807) is 18.3 Å². The van der Waals surface area contributed by atoms with Crippen molar-refractivity contribution in [1.82, 2.24) is 4.98 Å². The SMILES string of the molecule is CC.CC.O=C(O)c1cccc2cc[nH]c12. The molecule has 0 aliphatic rings. The van der Waals surface area contributed by atoms with Crippen molar-refractivity contribution in [2.75, 3.05) is 0 Å². The first-order chi connectivity index (χ1) is 7.79. The fourth-order valence-corrected chi connectivity index (χ4v) is 1.26. The number of H-pyrrole nitrogens is 1. The molecule has 0 bridgehead atoms. The number of carboxylic acid groups (broad SMARTS) is 1. The number of aromatic amines is 1. The van der Waals surface area contributed by atoms with Crippen molar-refractivity contribution >= 4 is 16.9 Å². The van der Waals surface area contributed by atoms with Crippen molar-refractivity contribution in [3.63, 3.8) is 0 Å². The molecule has 1 aromatic heterocycles. The molecule has 2 rings (SSSR count). The van der Waals surface area contributed by atoms with Crippen LogP contribution < -0.4 is 0 Å². The van der Waals surface area contributed by atoms with E-state index in [-0.39, 0.29) is 0 Å². The van der Waals surface area contributed by atoms with Crippen molar-refractivity contribution in [2.24, 2.45) is 0 Å². The summed E-state index contributed by atoms with van der Waals surface area (Å²) in [4.78, 5) is 13.6. The maximum absolute atomic E-state index is 10.7. The third kappa shape index (κ3) is 3.12. The molecule has 2 aromatic rings. The molecule has 0 saturated carbocycles. The second-order valence-corrected chi connectivity index (χ2v) is 2.55. The smallest absolute Gasteiger partial charge is 0.337 e. The maximum Gasteiger partial charge on any atom is 0.337 e. The third-order valence-corrected chi connectivity index (χ3v) is 1.82. The standard InChI is InChI=1S/C9H7NO2.2C2H6/c11-9(12)7-3-1-2-6-4-5-10-8(6)7;2*1-2/h1-5,10H,(H,11,12);2*1-2H3. The summed E-state index contributed by atoms with van der Waals surface area (Å²) in [5.41, 5.74) is 1.00. The molecule has 1 aromatic carbocycles. The minimum Gasteiger partial charge on any atom is -0.478 e. The van der Waals surface area contributed by atoms with Gasteiger partial charge in [-0.1, -0.05) is 39.8 Å². The Kier molecular flexibility index (Phi) is 6.68. The monoisotopic (exact) mass is 221 g/mol. The van der Waals surface area contributed by atoms with Gasteiger partial charge in [-0.05, 0) is 12.1 Å². The zero-order valence-electron chi connectivity index (χ0n) is 10.2. The zero-order valence-corrected chi connectivity index (χ0v) is 10.2. The number of fused-ring (bicyclic) bond motifs is 1. The van der Waals surface area contributed by atoms with Crippen LogP contribution in [0.5, 0.6) is 0 Å². The molecule has 2 N–H and O–H groups in total. The summed E-state index contributed by atoms with van der Waals surface area (Å²) in [6.07, 6.45) is 1.73. The average Bonchev–Trinajstić information content (AvgIpc) is 2.81. The molecular weight excluding hydrogens is 202 g/mol. The van der Waals surface area contributed by atoms with Gasteiger partial charge in [0, 0.05) is 11.6 Å². The molecule has 0 atom stereocenters. The molecule has 88 valence electrons. The summed E-state index contributed by atoms with van der Waals surface area (Å²) < 4.78 is 0. The summed E-state index contributed by atoms with van der Waals surface area (Å²) in [6, 6.07) is 7.04. The number of carbonyl (C=O) groups is 1. The average molecular weight is 221 g/mol. The van der Waals surface area contributed by atoms with Gasteiger partial charge in [0.25, 0.3) is 0 Å². The van der Waals surface area contributed by atoms with Crippen LogP contribution >= 0.6 is 0 Å². The van der Waals surface area contributed by atoms with Crippen molar-refractivity contribution in [2.45, 2.75) is 27.7 Å². The van der Waals surface area contributed by atoms with Crippen LogP contribution in [0.15, 0.2) is 30.5 Å². The minimum atomic E-state index is -0.900. The van der Waals surface area contributed by atoms with Gasteiger partial charge in [0.05, 0.1) is 11.1 Å². The number of aromatic carboxylic acids is 1. The van der Waals surface area contributed by atoms with Crippen LogP contribution in [0, 0.1) is 0 Å². The van der Waals surface area contributed by atoms with Crippen LogP contribution in [-0.4, -0.2) is 16.1 Å². The Morgan fingerprint density at radius 3 is 2.31 bits per heavy atom.